The summed E-state index contributed by atoms with van der Waals surface area (Å²) >= 11 is 0. The van der Waals surface area contributed by atoms with E-state index in [1.165, 1.54) is 16.0 Å². The predicted molar refractivity (Wildman–Crippen MR) is 129 cm³/mol. The summed E-state index contributed by atoms with van der Waals surface area (Å²) in [5.41, 5.74) is 4.79. The van der Waals surface area contributed by atoms with Crippen molar-refractivity contribution in [1.29, 1.82) is 0 Å². The van der Waals surface area contributed by atoms with Crippen LogP contribution in [0.5, 0.6) is 11.5 Å². The summed E-state index contributed by atoms with van der Waals surface area (Å²) < 4.78 is 10.8. The second-order valence-electron chi connectivity index (χ2n) is 8.41. The zero-order chi connectivity index (χ0) is 23.7. The van der Waals surface area contributed by atoms with Crippen molar-refractivity contribution >= 4 is 17.4 Å². The molecule has 0 spiro atoms. The van der Waals surface area contributed by atoms with E-state index in [9.17, 15) is 9.59 Å². The Morgan fingerprint density at radius 1 is 0.794 bits per heavy atom. The summed E-state index contributed by atoms with van der Waals surface area (Å²) in [6.07, 6.45) is 0.818. The molecule has 0 atom stereocenters. The first kappa shape index (κ1) is 21.8. The topological polar surface area (TPSA) is 59.1 Å². The smallest absolute Gasteiger partial charge is 0.278 e. The fourth-order valence-corrected chi connectivity index (χ4v) is 4.69. The highest BCUT2D eigenvalue weighted by Crippen LogP contribution is 2.38. The van der Waals surface area contributed by atoms with Crippen LogP contribution in [0.15, 0.2) is 78.5 Å². The maximum absolute atomic E-state index is 13.8. The first-order chi connectivity index (χ1) is 16.6. The molecule has 2 amide bonds. The number of methoxy groups -OCH3 is 2. The van der Waals surface area contributed by atoms with E-state index in [1.807, 2.05) is 65.6 Å². The third-order valence-electron chi connectivity index (χ3n) is 6.47. The molecule has 3 aromatic rings. The fraction of sp³-hybridized carbons (Fsp3) is 0.214. The number of para-hydroxylation sites is 1. The largest absolute Gasteiger partial charge is 0.497 e. The Hall–Kier alpha value is -4.06. The van der Waals surface area contributed by atoms with Crippen molar-refractivity contribution in [2.24, 2.45) is 0 Å². The van der Waals surface area contributed by atoms with Gasteiger partial charge >= 0.3 is 0 Å². The number of ether oxygens (including phenoxy) is 2. The first-order valence-corrected chi connectivity index (χ1v) is 11.3. The molecule has 5 rings (SSSR count). The highest BCUT2D eigenvalue weighted by Gasteiger charge is 2.43. The SMILES string of the molecule is COc1ccc(CN2C(=O)C(c3ccccc3OC)=C(N3CCc4ccccc4C3)C2=O)cc1. The average molecular weight is 455 g/mol. The molecule has 0 bridgehead atoms. The van der Waals surface area contributed by atoms with Gasteiger partial charge in [-0.25, -0.2) is 0 Å². The standard InChI is InChI=1S/C28H26N2O4/c1-33-22-13-11-19(12-14-22)17-30-27(31)25(23-9-5-6-10-24(23)34-2)26(28(30)32)29-16-15-20-7-3-4-8-21(20)18-29/h3-14H,15-18H2,1-2H3. The number of hydrogen-bond donors (Lipinski definition) is 0. The molecule has 0 saturated carbocycles. The van der Waals surface area contributed by atoms with Gasteiger partial charge in [-0.05, 0) is 41.3 Å². The van der Waals surface area contributed by atoms with E-state index in [2.05, 4.69) is 12.1 Å². The quantitative estimate of drug-likeness (QED) is 0.526. The Morgan fingerprint density at radius 2 is 1.50 bits per heavy atom. The number of imide groups is 1. The van der Waals surface area contributed by atoms with Crippen LogP contribution in [-0.2, 0) is 29.1 Å². The van der Waals surface area contributed by atoms with E-state index in [0.29, 0.717) is 35.7 Å². The van der Waals surface area contributed by atoms with Crippen LogP contribution < -0.4 is 9.47 Å². The van der Waals surface area contributed by atoms with Crippen molar-refractivity contribution in [3.63, 3.8) is 0 Å². The lowest BCUT2D eigenvalue weighted by molar-refractivity contribution is -0.138. The summed E-state index contributed by atoms with van der Waals surface area (Å²) in [6, 6.07) is 23.0. The molecule has 0 saturated heterocycles. The van der Waals surface area contributed by atoms with Crippen molar-refractivity contribution in [3.05, 3.63) is 101 Å². The highest BCUT2D eigenvalue weighted by atomic mass is 16.5. The van der Waals surface area contributed by atoms with Gasteiger partial charge in [0.25, 0.3) is 11.8 Å². The molecule has 0 aromatic heterocycles. The normalized spacial score (nSPS) is 15.6. The number of hydrogen-bond acceptors (Lipinski definition) is 5. The summed E-state index contributed by atoms with van der Waals surface area (Å²) in [5.74, 6) is 0.712. The predicted octanol–water partition coefficient (Wildman–Crippen LogP) is 4.04. The van der Waals surface area contributed by atoms with Crippen LogP contribution in [0.2, 0.25) is 0 Å². The molecule has 0 N–H and O–H groups in total. The second-order valence-corrected chi connectivity index (χ2v) is 8.41. The van der Waals surface area contributed by atoms with Gasteiger partial charge in [0, 0.05) is 18.7 Å². The Morgan fingerprint density at radius 3 is 2.24 bits per heavy atom. The van der Waals surface area contributed by atoms with Crippen LogP contribution in [0.3, 0.4) is 0 Å². The molecule has 3 aromatic carbocycles. The van der Waals surface area contributed by atoms with E-state index in [4.69, 9.17) is 9.47 Å². The monoisotopic (exact) mass is 454 g/mol. The minimum Gasteiger partial charge on any atom is -0.497 e. The average Bonchev–Trinajstić information content (AvgIpc) is 3.13. The third-order valence-corrected chi connectivity index (χ3v) is 6.47. The van der Waals surface area contributed by atoms with E-state index >= 15 is 0 Å². The van der Waals surface area contributed by atoms with Gasteiger partial charge in [0.2, 0.25) is 0 Å². The number of rotatable bonds is 6. The van der Waals surface area contributed by atoms with Crippen molar-refractivity contribution in [2.45, 2.75) is 19.5 Å². The summed E-state index contributed by atoms with van der Waals surface area (Å²) in [6.45, 7) is 1.44. The van der Waals surface area contributed by atoms with Crippen LogP contribution >= 0.6 is 0 Å². The number of nitrogens with zero attached hydrogens (tertiary/aromatic N) is 2. The van der Waals surface area contributed by atoms with Gasteiger partial charge in [0.05, 0.1) is 26.3 Å². The number of fused-ring (bicyclic) bond motifs is 1. The fourth-order valence-electron chi connectivity index (χ4n) is 4.69. The van der Waals surface area contributed by atoms with Gasteiger partial charge in [-0.3, -0.25) is 14.5 Å². The van der Waals surface area contributed by atoms with Crippen LogP contribution in [0.4, 0.5) is 0 Å². The number of carbonyl (C=O) groups is 2. The van der Waals surface area contributed by atoms with E-state index in [0.717, 1.165) is 17.7 Å². The molecule has 0 unspecified atom stereocenters. The van der Waals surface area contributed by atoms with Gasteiger partial charge in [0.15, 0.2) is 0 Å². The van der Waals surface area contributed by atoms with Crippen molar-refractivity contribution in [1.82, 2.24) is 9.80 Å². The Balaban J connectivity index is 1.56. The van der Waals surface area contributed by atoms with E-state index in [-0.39, 0.29) is 18.4 Å². The zero-order valence-corrected chi connectivity index (χ0v) is 19.3. The van der Waals surface area contributed by atoms with Crippen molar-refractivity contribution < 1.29 is 19.1 Å². The Bertz CT molecular complexity index is 1280. The lowest BCUT2D eigenvalue weighted by atomic mass is 9.97. The minimum atomic E-state index is -0.306. The van der Waals surface area contributed by atoms with Crippen LogP contribution in [0, 0.1) is 0 Å². The highest BCUT2D eigenvalue weighted by molar-refractivity contribution is 6.35. The molecule has 6 nitrogen and oxygen atoms in total. The molecular weight excluding hydrogens is 428 g/mol. The molecule has 172 valence electrons. The van der Waals surface area contributed by atoms with Gasteiger partial charge < -0.3 is 14.4 Å². The van der Waals surface area contributed by atoms with E-state index < -0.39 is 0 Å². The molecule has 0 aliphatic carbocycles. The molecule has 2 aliphatic heterocycles. The zero-order valence-electron chi connectivity index (χ0n) is 19.3. The first-order valence-electron chi connectivity index (χ1n) is 11.3. The van der Waals surface area contributed by atoms with Gasteiger partial charge in [-0.2, -0.15) is 0 Å². The van der Waals surface area contributed by atoms with Gasteiger partial charge in [-0.1, -0.05) is 54.6 Å². The molecule has 2 heterocycles. The molecule has 0 radical (unpaired) electrons. The number of amides is 2. The Labute approximate surface area is 199 Å². The number of benzene rings is 3. The Kier molecular flexibility index (Phi) is 5.80. The molecular formula is C28H26N2O4. The molecule has 2 aliphatic rings. The lowest BCUT2D eigenvalue weighted by Gasteiger charge is -2.31. The lowest BCUT2D eigenvalue weighted by Crippen LogP contribution is -2.37. The third kappa shape index (κ3) is 3.81. The maximum atomic E-state index is 13.8. The maximum Gasteiger partial charge on any atom is 0.278 e. The second kappa shape index (κ2) is 9.06. The summed E-state index contributed by atoms with van der Waals surface area (Å²) in [7, 11) is 3.18. The molecule has 6 heteroatoms. The van der Waals surface area contributed by atoms with Crippen molar-refractivity contribution in [3.8, 4) is 11.5 Å². The van der Waals surface area contributed by atoms with Crippen molar-refractivity contribution in [2.75, 3.05) is 20.8 Å². The summed E-state index contributed by atoms with van der Waals surface area (Å²) in [4.78, 5) is 30.9. The van der Waals surface area contributed by atoms with E-state index in [1.54, 1.807) is 14.2 Å². The molecule has 0 fully saturated rings. The molecule has 34 heavy (non-hydrogen) atoms. The summed E-state index contributed by atoms with van der Waals surface area (Å²) in [5, 5.41) is 0. The van der Waals surface area contributed by atoms with Gasteiger partial charge in [0.1, 0.15) is 17.2 Å². The number of carbonyl (C=O) groups excluding carboxylic acids is 2. The van der Waals surface area contributed by atoms with Gasteiger partial charge in [-0.15, -0.1) is 0 Å². The van der Waals surface area contributed by atoms with Crippen LogP contribution in [0.25, 0.3) is 5.57 Å². The minimum absolute atomic E-state index is 0.189. The van der Waals surface area contributed by atoms with Crippen LogP contribution in [0.1, 0.15) is 22.3 Å². The van der Waals surface area contributed by atoms with Crippen LogP contribution in [-0.4, -0.2) is 42.4 Å².